The summed E-state index contributed by atoms with van der Waals surface area (Å²) in [6.45, 7) is 0.669. The Morgan fingerprint density at radius 3 is 3.07 bits per heavy atom. The normalized spacial score (nSPS) is 15.6. The number of fused-ring (bicyclic) bond motifs is 1. The highest BCUT2D eigenvalue weighted by Gasteiger charge is 2.20. The maximum absolute atomic E-state index is 11.4. The summed E-state index contributed by atoms with van der Waals surface area (Å²) < 4.78 is 0. The highest BCUT2D eigenvalue weighted by Crippen LogP contribution is 2.25. The van der Waals surface area contributed by atoms with E-state index in [0.717, 1.165) is 17.7 Å². The van der Waals surface area contributed by atoms with Crippen LogP contribution in [0, 0.1) is 0 Å². The predicted molar refractivity (Wildman–Crippen MR) is 51.9 cm³/mol. The molecule has 0 unspecified atom stereocenters. The summed E-state index contributed by atoms with van der Waals surface area (Å²) in [5.74, 6) is -1.11. The Hall–Kier alpha value is -1.36. The minimum Gasteiger partial charge on any atom is -0.477 e. The third-order valence-corrected chi connectivity index (χ3v) is 3.31. The van der Waals surface area contributed by atoms with Crippen LogP contribution in [0.4, 0.5) is 0 Å². The Kier molecular flexibility index (Phi) is 2.25. The molecule has 1 amide bonds. The largest absolute Gasteiger partial charge is 0.477 e. The lowest BCUT2D eigenvalue weighted by Crippen LogP contribution is -2.22. The van der Waals surface area contributed by atoms with Crippen LogP contribution in [-0.4, -0.2) is 23.5 Å². The van der Waals surface area contributed by atoms with E-state index in [2.05, 4.69) is 5.32 Å². The molecule has 5 heteroatoms. The first-order chi connectivity index (χ1) is 6.68. The fraction of sp³-hybridized carbons (Fsp3) is 0.333. The lowest BCUT2D eigenvalue weighted by Gasteiger charge is -1.96. The lowest BCUT2D eigenvalue weighted by atomic mass is 10.2. The van der Waals surface area contributed by atoms with E-state index < -0.39 is 5.97 Å². The van der Waals surface area contributed by atoms with Gasteiger partial charge in [-0.25, -0.2) is 4.79 Å². The number of carbonyl (C=O) groups excluding carboxylic acids is 1. The van der Waals surface area contributed by atoms with Crippen molar-refractivity contribution in [1.29, 1.82) is 0 Å². The van der Waals surface area contributed by atoms with Gasteiger partial charge in [0.15, 0.2) is 0 Å². The van der Waals surface area contributed by atoms with E-state index in [1.807, 2.05) is 0 Å². The van der Waals surface area contributed by atoms with Crippen molar-refractivity contribution in [3.8, 4) is 0 Å². The Morgan fingerprint density at radius 2 is 2.36 bits per heavy atom. The lowest BCUT2D eigenvalue weighted by molar-refractivity contribution is 0.0702. The molecule has 0 fully saturated rings. The summed E-state index contributed by atoms with van der Waals surface area (Å²) in [4.78, 5) is 23.3. The molecule has 0 aliphatic carbocycles. The topological polar surface area (TPSA) is 66.4 Å². The SMILES string of the molecule is O=C(O)c1cc2c(s1)CCCNC2=O. The molecule has 1 aliphatic heterocycles. The number of carboxylic acids is 1. The van der Waals surface area contributed by atoms with Crippen LogP contribution < -0.4 is 5.32 Å². The Balaban J connectivity index is 2.44. The predicted octanol–water partition coefficient (Wildman–Crippen LogP) is 1.12. The quantitative estimate of drug-likeness (QED) is 0.731. The Bertz CT molecular complexity index is 397. The summed E-state index contributed by atoms with van der Waals surface area (Å²) in [5.41, 5.74) is 0.532. The molecule has 0 bridgehead atoms. The van der Waals surface area contributed by atoms with E-state index in [0.29, 0.717) is 12.1 Å². The molecule has 1 aliphatic rings. The zero-order valence-electron chi connectivity index (χ0n) is 7.37. The van der Waals surface area contributed by atoms with E-state index in [1.165, 1.54) is 17.4 Å². The Labute approximate surface area is 84.6 Å². The van der Waals surface area contributed by atoms with Gasteiger partial charge < -0.3 is 10.4 Å². The second-order valence-electron chi connectivity index (χ2n) is 3.11. The zero-order valence-corrected chi connectivity index (χ0v) is 8.19. The first-order valence-corrected chi connectivity index (χ1v) is 5.14. The first kappa shape index (κ1) is 9.21. The molecule has 0 spiro atoms. The molecular weight excluding hydrogens is 202 g/mol. The van der Waals surface area contributed by atoms with Crippen molar-refractivity contribution in [3.63, 3.8) is 0 Å². The Morgan fingerprint density at radius 1 is 1.57 bits per heavy atom. The van der Waals surface area contributed by atoms with Crippen LogP contribution >= 0.6 is 11.3 Å². The van der Waals surface area contributed by atoms with Crippen molar-refractivity contribution in [2.45, 2.75) is 12.8 Å². The third kappa shape index (κ3) is 1.50. The number of carbonyl (C=O) groups is 2. The fourth-order valence-electron chi connectivity index (χ4n) is 1.46. The van der Waals surface area contributed by atoms with Crippen molar-refractivity contribution in [2.75, 3.05) is 6.54 Å². The van der Waals surface area contributed by atoms with Gasteiger partial charge >= 0.3 is 5.97 Å². The summed E-state index contributed by atoms with van der Waals surface area (Å²) in [6, 6.07) is 1.46. The number of carboxylic acid groups (broad SMARTS) is 1. The van der Waals surface area contributed by atoms with Crippen LogP contribution in [0.15, 0.2) is 6.07 Å². The average Bonchev–Trinajstić information content (AvgIpc) is 2.49. The monoisotopic (exact) mass is 211 g/mol. The molecular formula is C9H9NO3S. The van der Waals surface area contributed by atoms with Crippen LogP contribution in [-0.2, 0) is 6.42 Å². The molecule has 2 rings (SSSR count). The van der Waals surface area contributed by atoms with Gasteiger partial charge in [-0.2, -0.15) is 0 Å². The zero-order chi connectivity index (χ0) is 10.1. The van der Waals surface area contributed by atoms with Crippen molar-refractivity contribution < 1.29 is 14.7 Å². The van der Waals surface area contributed by atoms with E-state index in [4.69, 9.17) is 5.11 Å². The van der Waals surface area contributed by atoms with Crippen molar-refractivity contribution in [2.24, 2.45) is 0 Å². The molecule has 0 saturated heterocycles. The molecule has 14 heavy (non-hydrogen) atoms. The van der Waals surface area contributed by atoms with Gasteiger partial charge in [-0.1, -0.05) is 0 Å². The molecule has 74 valence electrons. The number of amides is 1. The number of aryl methyl sites for hydroxylation is 1. The standard InChI is InChI=1S/C9H9NO3S/c11-8-5-4-7(9(12)13)14-6(5)2-1-3-10-8/h4H,1-3H2,(H,10,11)(H,12,13). The van der Waals surface area contributed by atoms with Gasteiger partial charge in [-0.3, -0.25) is 4.79 Å². The van der Waals surface area contributed by atoms with Gasteiger partial charge in [0.1, 0.15) is 4.88 Å². The molecule has 2 N–H and O–H groups in total. The first-order valence-electron chi connectivity index (χ1n) is 4.32. The second kappa shape index (κ2) is 3.42. The molecule has 4 nitrogen and oxygen atoms in total. The van der Waals surface area contributed by atoms with Gasteiger partial charge in [-0.15, -0.1) is 11.3 Å². The number of thiophene rings is 1. The molecule has 0 radical (unpaired) electrons. The summed E-state index contributed by atoms with van der Waals surface area (Å²) in [6.07, 6.45) is 1.66. The number of hydrogen-bond donors (Lipinski definition) is 2. The van der Waals surface area contributed by atoms with Crippen LogP contribution in [0.2, 0.25) is 0 Å². The van der Waals surface area contributed by atoms with Crippen LogP contribution in [0.25, 0.3) is 0 Å². The van der Waals surface area contributed by atoms with Crippen molar-refractivity contribution in [1.82, 2.24) is 5.32 Å². The van der Waals surface area contributed by atoms with E-state index in [-0.39, 0.29) is 10.8 Å². The van der Waals surface area contributed by atoms with E-state index >= 15 is 0 Å². The molecule has 2 heterocycles. The highest BCUT2D eigenvalue weighted by molar-refractivity contribution is 7.14. The fourth-order valence-corrected chi connectivity index (χ4v) is 2.50. The smallest absolute Gasteiger partial charge is 0.345 e. The van der Waals surface area contributed by atoms with Gasteiger partial charge in [0.25, 0.3) is 5.91 Å². The maximum atomic E-state index is 11.4. The number of nitrogens with one attached hydrogen (secondary N) is 1. The molecule has 0 aromatic carbocycles. The molecule has 1 aromatic heterocycles. The van der Waals surface area contributed by atoms with Gasteiger partial charge in [-0.05, 0) is 18.9 Å². The molecule has 1 aromatic rings. The number of hydrogen-bond acceptors (Lipinski definition) is 3. The molecule has 0 saturated carbocycles. The minimum atomic E-state index is -0.962. The van der Waals surface area contributed by atoms with Gasteiger partial charge in [0.05, 0.1) is 5.56 Å². The van der Waals surface area contributed by atoms with Crippen LogP contribution in [0.3, 0.4) is 0 Å². The van der Waals surface area contributed by atoms with Crippen LogP contribution in [0.5, 0.6) is 0 Å². The summed E-state index contributed by atoms with van der Waals surface area (Å²) >= 11 is 1.20. The van der Waals surface area contributed by atoms with E-state index in [1.54, 1.807) is 0 Å². The minimum absolute atomic E-state index is 0.152. The van der Waals surface area contributed by atoms with Gasteiger partial charge in [0.2, 0.25) is 0 Å². The number of rotatable bonds is 1. The van der Waals surface area contributed by atoms with Crippen molar-refractivity contribution in [3.05, 3.63) is 21.4 Å². The second-order valence-corrected chi connectivity index (χ2v) is 4.25. The third-order valence-electron chi connectivity index (χ3n) is 2.13. The van der Waals surface area contributed by atoms with Crippen LogP contribution in [0.1, 0.15) is 31.3 Å². The molecule has 0 atom stereocenters. The number of aromatic carboxylic acids is 1. The summed E-state index contributed by atoms with van der Waals surface area (Å²) in [7, 11) is 0. The van der Waals surface area contributed by atoms with Gasteiger partial charge in [0, 0.05) is 11.4 Å². The average molecular weight is 211 g/mol. The van der Waals surface area contributed by atoms with E-state index in [9.17, 15) is 9.59 Å². The maximum Gasteiger partial charge on any atom is 0.345 e. The summed E-state index contributed by atoms with van der Waals surface area (Å²) in [5, 5.41) is 11.5. The van der Waals surface area contributed by atoms with Crippen molar-refractivity contribution >= 4 is 23.2 Å². The highest BCUT2D eigenvalue weighted by atomic mass is 32.1.